The number of rotatable bonds is 5. The minimum absolute atomic E-state index is 0.0650. The molecule has 0 bridgehead atoms. The Morgan fingerprint density at radius 1 is 1.43 bits per heavy atom. The molecule has 21 heavy (non-hydrogen) atoms. The minimum Gasteiger partial charge on any atom is -0.391 e. The molecule has 0 radical (unpaired) electrons. The molecule has 0 aliphatic rings. The van der Waals surface area contributed by atoms with Crippen molar-refractivity contribution in [3.05, 3.63) is 48.0 Å². The van der Waals surface area contributed by atoms with Crippen LogP contribution in [0.4, 0.5) is 4.39 Å². The Balaban J connectivity index is 2.04. The van der Waals surface area contributed by atoms with E-state index < -0.39 is 6.10 Å². The SMILES string of the molecule is CC(C)C(O)CNC(=O)c1ccn(-c2cccc(F)c2)n1. The smallest absolute Gasteiger partial charge is 0.271 e. The summed E-state index contributed by atoms with van der Waals surface area (Å²) in [7, 11) is 0. The summed E-state index contributed by atoms with van der Waals surface area (Å²) in [5, 5.41) is 16.4. The molecule has 0 aliphatic carbocycles. The van der Waals surface area contributed by atoms with Gasteiger partial charge in [0.25, 0.3) is 5.91 Å². The highest BCUT2D eigenvalue weighted by Gasteiger charge is 2.14. The minimum atomic E-state index is -0.598. The van der Waals surface area contributed by atoms with Gasteiger partial charge in [0.15, 0.2) is 5.69 Å². The molecule has 1 aromatic carbocycles. The van der Waals surface area contributed by atoms with Gasteiger partial charge in [-0.05, 0) is 30.2 Å². The van der Waals surface area contributed by atoms with E-state index in [2.05, 4.69) is 10.4 Å². The molecule has 1 heterocycles. The maximum atomic E-state index is 13.2. The van der Waals surface area contributed by atoms with E-state index >= 15 is 0 Å². The second-order valence-corrected chi connectivity index (χ2v) is 5.15. The lowest BCUT2D eigenvalue weighted by molar-refractivity contribution is 0.0867. The Kier molecular flexibility index (Phi) is 4.70. The quantitative estimate of drug-likeness (QED) is 0.882. The fourth-order valence-corrected chi connectivity index (χ4v) is 1.73. The highest BCUT2D eigenvalue weighted by Crippen LogP contribution is 2.09. The van der Waals surface area contributed by atoms with Gasteiger partial charge in [-0.25, -0.2) is 9.07 Å². The predicted octanol–water partition coefficient (Wildman–Crippen LogP) is 1.76. The first-order valence-electron chi connectivity index (χ1n) is 6.75. The summed E-state index contributed by atoms with van der Waals surface area (Å²) >= 11 is 0. The third-order valence-corrected chi connectivity index (χ3v) is 3.14. The van der Waals surface area contributed by atoms with Crippen LogP contribution in [0.25, 0.3) is 5.69 Å². The third kappa shape index (κ3) is 3.88. The van der Waals surface area contributed by atoms with E-state index in [9.17, 15) is 14.3 Å². The van der Waals surface area contributed by atoms with Crippen LogP contribution in [0, 0.1) is 11.7 Å². The molecule has 0 spiro atoms. The molecule has 0 saturated heterocycles. The number of hydrogen-bond donors (Lipinski definition) is 2. The van der Waals surface area contributed by atoms with Crippen molar-refractivity contribution in [2.75, 3.05) is 6.54 Å². The van der Waals surface area contributed by atoms with Gasteiger partial charge in [0.2, 0.25) is 0 Å². The van der Waals surface area contributed by atoms with Crippen LogP contribution in [0.2, 0.25) is 0 Å². The number of benzene rings is 1. The Labute approximate surface area is 122 Å². The second-order valence-electron chi connectivity index (χ2n) is 5.15. The molecule has 5 nitrogen and oxygen atoms in total. The molecule has 1 atom stereocenters. The number of hydrogen-bond acceptors (Lipinski definition) is 3. The van der Waals surface area contributed by atoms with Crippen LogP contribution in [-0.2, 0) is 0 Å². The summed E-state index contributed by atoms with van der Waals surface area (Å²) in [5.74, 6) is -0.672. The molecule has 2 rings (SSSR count). The number of nitrogens with zero attached hydrogens (tertiary/aromatic N) is 2. The average Bonchev–Trinajstić information content (AvgIpc) is 2.94. The van der Waals surface area contributed by atoms with Crippen LogP contribution in [-0.4, -0.2) is 33.4 Å². The van der Waals surface area contributed by atoms with E-state index in [-0.39, 0.29) is 29.9 Å². The van der Waals surface area contributed by atoms with E-state index in [0.29, 0.717) is 5.69 Å². The van der Waals surface area contributed by atoms with Crippen LogP contribution in [0.1, 0.15) is 24.3 Å². The van der Waals surface area contributed by atoms with Crippen molar-refractivity contribution in [1.82, 2.24) is 15.1 Å². The molecule has 6 heteroatoms. The van der Waals surface area contributed by atoms with Gasteiger partial charge in [-0.2, -0.15) is 5.10 Å². The summed E-state index contributed by atoms with van der Waals surface area (Å²) in [6.07, 6.45) is 0.988. The molecule has 112 valence electrons. The zero-order chi connectivity index (χ0) is 15.4. The maximum absolute atomic E-state index is 13.2. The van der Waals surface area contributed by atoms with Gasteiger partial charge in [0.05, 0.1) is 11.8 Å². The van der Waals surface area contributed by atoms with Crippen molar-refractivity contribution < 1.29 is 14.3 Å². The van der Waals surface area contributed by atoms with Gasteiger partial charge in [0, 0.05) is 12.7 Å². The van der Waals surface area contributed by atoms with Gasteiger partial charge >= 0.3 is 0 Å². The van der Waals surface area contributed by atoms with E-state index in [1.807, 2.05) is 13.8 Å². The summed E-state index contributed by atoms with van der Waals surface area (Å²) in [5.41, 5.74) is 0.756. The Morgan fingerprint density at radius 3 is 2.86 bits per heavy atom. The number of halogens is 1. The summed E-state index contributed by atoms with van der Waals surface area (Å²) in [4.78, 5) is 11.9. The molecule has 2 N–H and O–H groups in total. The van der Waals surface area contributed by atoms with E-state index in [1.165, 1.54) is 16.8 Å². The van der Waals surface area contributed by atoms with Crippen LogP contribution in [0.5, 0.6) is 0 Å². The monoisotopic (exact) mass is 291 g/mol. The Morgan fingerprint density at radius 2 is 2.19 bits per heavy atom. The summed E-state index contributed by atoms with van der Waals surface area (Å²) in [6, 6.07) is 7.48. The molecule has 1 amide bonds. The Bertz CT molecular complexity index is 625. The van der Waals surface area contributed by atoms with Crippen molar-refractivity contribution in [1.29, 1.82) is 0 Å². The summed E-state index contributed by atoms with van der Waals surface area (Å²) < 4.78 is 14.6. The fraction of sp³-hybridized carbons (Fsp3) is 0.333. The lowest BCUT2D eigenvalue weighted by atomic mass is 10.1. The van der Waals surface area contributed by atoms with Crippen molar-refractivity contribution in [3.63, 3.8) is 0 Å². The number of aromatic nitrogens is 2. The van der Waals surface area contributed by atoms with Gasteiger partial charge in [-0.3, -0.25) is 4.79 Å². The van der Waals surface area contributed by atoms with Crippen LogP contribution in [0.3, 0.4) is 0 Å². The topological polar surface area (TPSA) is 67.2 Å². The zero-order valence-electron chi connectivity index (χ0n) is 12.0. The van der Waals surface area contributed by atoms with Crippen molar-refractivity contribution in [2.45, 2.75) is 20.0 Å². The number of aliphatic hydroxyl groups excluding tert-OH is 1. The van der Waals surface area contributed by atoms with Gasteiger partial charge in [-0.1, -0.05) is 19.9 Å². The largest absolute Gasteiger partial charge is 0.391 e. The third-order valence-electron chi connectivity index (χ3n) is 3.14. The van der Waals surface area contributed by atoms with Gasteiger partial charge in [-0.15, -0.1) is 0 Å². The first kappa shape index (κ1) is 15.2. The van der Waals surface area contributed by atoms with Gasteiger partial charge in [0.1, 0.15) is 5.82 Å². The highest BCUT2D eigenvalue weighted by atomic mass is 19.1. The van der Waals surface area contributed by atoms with Gasteiger partial charge < -0.3 is 10.4 Å². The van der Waals surface area contributed by atoms with Crippen molar-refractivity contribution in [2.24, 2.45) is 5.92 Å². The fourth-order valence-electron chi connectivity index (χ4n) is 1.73. The number of nitrogens with one attached hydrogen (secondary N) is 1. The molecule has 2 aromatic rings. The normalized spacial score (nSPS) is 12.4. The molecule has 1 unspecified atom stereocenters. The number of carbonyl (C=O) groups is 1. The first-order chi connectivity index (χ1) is 9.97. The lowest BCUT2D eigenvalue weighted by Gasteiger charge is -2.14. The lowest BCUT2D eigenvalue weighted by Crippen LogP contribution is -2.34. The van der Waals surface area contributed by atoms with Crippen LogP contribution in [0.15, 0.2) is 36.5 Å². The molecular formula is C15H18FN3O2. The average molecular weight is 291 g/mol. The molecule has 0 fully saturated rings. The maximum Gasteiger partial charge on any atom is 0.271 e. The molecule has 0 saturated carbocycles. The number of carbonyl (C=O) groups excluding carboxylic acids is 1. The molecule has 1 aromatic heterocycles. The number of aliphatic hydroxyl groups is 1. The molecular weight excluding hydrogens is 273 g/mol. The van der Waals surface area contributed by atoms with Crippen LogP contribution < -0.4 is 5.32 Å². The van der Waals surface area contributed by atoms with Crippen molar-refractivity contribution >= 4 is 5.91 Å². The number of amides is 1. The van der Waals surface area contributed by atoms with Crippen molar-refractivity contribution in [3.8, 4) is 5.69 Å². The van der Waals surface area contributed by atoms with E-state index in [4.69, 9.17) is 0 Å². The standard InChI is InChI=1S/C15H18FN3O2/c1-10(2)14(20)9-17-15(21)13-6-7-19(18-13)12-5-3-4-11(16)8-12/h3-8,10,14,20H,9H2,1-2H3,(H,17,21). The van der Waals surface area contributed by atoms with E-state index in [0.717, 1.165) is 0 Å². The Hall–Kier alpha value is -2.21. The second kappa shape index (κ2) is 6.49. The molecule has 0 aliphatic heterocycles. The zero-order valence-corrected chi connectivity index (χ0v) is 12.0. The van der Waals surface area contributed by atoms with E-state index in [1.54, 1.807) is 24.4 Å². The highest BCUT2D eigenvalue weighted by molar-refractivity contribution is 5.92. The van der Waals surface area contributed by atoms with Crippen LogP contribution >= 0.6 is 0 Å². The predicted molar refractivity (Wildman–Crippen MR) is 76.7 cm³/mol. The first-order valence-corrected chi connectivity index (χ1v) is 6.75. The summed E-state index contributed by atoms with van der Waals surface area (Å²) in [6.45, 7) is 3.91.